The van der Waals surface area contributed by atoms with Crippen molar-refractivity contribution < 1.29 is 18.7 Å². The molecule has 2 rings (SSSR count). The number of benzene rings is 1. The van der Waals surface area contributed by atoms with E-state index in [0.717, 1.165) is 12.3 Å². The van der Waals surface area contributed by atoms with Gasteiger partial charge in [0.1, 0.15) is 23.2 Å². The Hall–Kier alpha value is -1.88. The molecule has 1 aromatic heterocycles. The molecule has 1 heterocycles. The number of hydrogen-bond acceptors (Lipinski definition) is 3. The summed E-state index contributed by atoms with van der Waals surface area (Å²) in [6.07, 6.45) is 1.55. The third kappa shape index (κ3) is 2.14. The summed E-state index contributed by atoms with van der Waals surface area (Å²) >= 11 is 0. The Kier molecular flexibility index (Phi) is 2.85. The van der Waals surface area contributed by atoms with Crippen LogP contribution in [0, 0.1) is 5.82 Å². The monoisotopic (exact) mass is 237 g/mol. The summed E-state index contributed by atoms with van der Waals surface area (Å²) in [6.45, 7) is 1.79. The standard InChI is InChI=1S/C12H12FNO3/c1-6(14)2-7-3-8(13)4-9-10(12(15)16)5-17-11(7)9/h3-6H,2,14H2,1H3,(H,15,16). The maximum absolute atomic E-state index is 13.4. The van der Waals surface area contributed by atoms with Gasteiger partial charge in [0.05, 0.1) is 0 Å². The minimum atomic E-state index is -1.14. The van der Waals surface area contributed by atoms with Crippen LogP contribution in [0.4, 0.5) is 4.39 Å². The number of nitrogens with two attached hydrogens (primary N) is 1. The first-order chi connectivity index (χ1) is 7.99. The lowest BCUT2D eigenvalue weighted by Crippen LogP contribution is -2.17. The van der Waals surface area contributed by atoms with Crippen LogP contribution in [0.2, 0.25) is 0 Å². The highest BCUT2D eigenvalue weighted by Gasteiger charge is 2.17. The number of carboxylic acid groups (broad SMARTS) is 1. The Morgan fingerprint density at radius 2 is 2.29 bits per heavy atom. The highest BCUT2D eigenvalue weighted by molar-refractivity contribution is 6.02. The Bertz CT molecular complexity index is 574. The van der Waals surface area contributed by atoms with Gasteiger partial charge in [-0.3, -0.25) is 0 Å². The molecule has 5 heteroatoms. The van der Waals surface area contributed by atoms with Gasteiger partial charge in [0.2, 0.25) is 0 Å². The summed E-state index contributed by atoms with van der Waals surface area (Å²) in [4.78, 5) is 10.9. The highest BCUT2D eigenvalue weighted by atomic mass is 19.1. The second kappa shape index (κ2) is 4.18. The Labute approximate surface area is 96.8 Å². The fourth-order valence-electron chi connectivity index (χ4n) is 1.83. The molecule has 0 aliphatic heterocycles. The van der Waals surface area contributed by atoms with Crippen LogP contribution in [0.1, 0.15) is 22.8 Å². The number of fused-ring (bicyclic) bond motifs is 1. The predicted octanol–water partition coefficient (Wildman–Crippen LogP) is 2.16. The molecular weight excluding hydrogens is 225 g/mol. The van der Waals surface area contributed by atoms with Crippen molar-refractivity contribution in [1.29, 1.82) is 0 Å². The molecule has 0 amide bonds. The Morgan fingerprint density at radius 1 is 1.59 bits per heavy atom. The van der Waals surface area contributed by atoms with Gasteiger partial charge in [0.15, 0.2) is 0 Å². The van der Waals surface area contributed by atoms with Crippen LogP contribution >= 0.6 is 0 Å². The van der Waals surface area contributed by atoms with Gasteiger partial charge in [-0.05, 0) is 31.0 Å². The maximum atomic E-state index is 13.4. The van der Waals surface area contributed by atoms with Crippen molar-refractivity contribution in [2.75, 3.05) is 0 Å². The van der Waals surface area contributed by atoms with Gasteiger partial charge in [-0.1, -0.05) is 0 Å². The summed E-state index contributed by atoms with van der Waals surface area (Å²) in [6, 6.07) is 2.33. The quantitative estimate of drug-likeness (QED) is 0.857. The summed E-state index contributed by atoms with van der Waals surface area (Å²) in [7, 11) is 0. The number of aromatic carboxylic acids is 1. The second-order valence-corrected chi connectivity index (χ2v) is 4.08. The lowest BCUT2D eigenvalue weighted by molar-refractivity contribution is 0.0698. The zero-order valence-electron chi connectivity index (χ0n) is 9.24. The van der Waals surface area contributed by atoms with Crippen molar-refractivity contribution in [2.45, 2.75) is 19.4 Å². The largest absolute Gasteiger partial charge is 0.478 e. The van der Waals surface area contributed by atoms with Crippen LogP contribution in [0.15, 0.2) is 22.8 Å². The lowest BCUT2D eigenvalue weighted by atomic mass is 10.0. The van der Waals surface area contributed by atoms with E-state index in [1.54, 1.807) is 6.92 Å². The molecule has 17 heavy (non-hydrogen) atoms. The van der Waals surface area contributed by atoms with E-state index in [4.69, 9.17) is 15.3 Å². The van der Waals surface area contributed by atoms with E-state index in [9.17, 15) is 9.18 Å². The molecule has 1 unspecified atom stereocenters. The number of rotatable bonds is 3. The third-order valence-electron chi connectivity index (χ3n) is 2.49. The highest BCUT2D eigenvalue weighted by Crippen LogP contribution is 2.26. The van der Waals surface area contributed by atoms with E-state index in [1.807, 2.05) is 0 Å². The maximum Gasteiger partial charge on any atom is 0.339 e. The molecule has 0 saturated heterocycles. The summed E-state index contributed by atoms with van der Waals surface area (Å²) in [5.74, 6) is -1.63. The Balaban J connectivity index is 2.65. The van der Waals surface area contributed by atoms with E-state index in [-0.39, 0.29) is 17.0 Å². The van der Waals surface area contributed by atoms with Crippen LogP contribution < -0.4 is 5.73 Å². The van der Waals surface area contributed by atoms with Crippen LogP contribution in [0.3, 0.4) is 0 Å². The SMILES string of the molecule is CC(N)Cc1cc(F)cc2c(C(=O)O)coc12. The smallest absolute Gasteiger partial charge is 0.339 e. The summed E-state index contributed by atoms with van der Waals surface area (Å²) in [5.41, 5.74) is 6.59. The van der Waals surface area contributed by atoms with Gasteiger partial charge >= 0.3 is 5.97 Å². The van der Waals surface area contributed by atoms with E-state index >= 15 is 0 Å². The van der Waals surface area contributed by atoms with E-state index in [1.165, 1.54) is 6.07 Å². The molecule has 1 aromatic carbocycles. The van der Waals surface area contributed by atoms with E-state index in [2.05, 4.69) is 0 Å². The molecule has 0 saturated carbocycles. The average Bonchev–Trinajstić information content (AvgIpc) is 2.59. The number of halogens is 1. The topological polar surface area (TPSA) is 76.5 Å². The van der Waals surface area contributed by atoms with E-state index in [0.29, 0.717) is 17.6 Å². The van der Waals surface area contributed by atoms with Gasteiger partial charge in [0.25, 0.3) is 0 Å². The van der Waals surface area contributed by atoms with Crippen LogP contribution in [-0.4, -0.2) is 17.1 Å². The number of carbonyl (C=O) groups is 1. The van der Waals surface area contributed by atoms with Crippen LogP contribution in [0.25, 0.3) is 11.0 Å². The van der Waals surface area contributed by atoms with Crippen LogP contribution in [0.5, 0.6) is 0 Å². The fourth-order valence-corrected chi connectivity index (χ4v) is 1.83. The first kappa shape index (κ1) is 11.6. The van der Waals surface area contributed by atoms with Gasteiger partial charge in [-0.25, -0.2) is 9.18 Å². The van der Waals surface area contributed by atoms with Gasteiger partial charge < -0.3 is 15.3 Å². The summed E-state index contributed by atoms with van der Waals surface area (Å²) < 4.78 is 18.6. The number of carboxylic acids is 1. The third-order valence-corrected chi connectivity index (χ3v) is 2.49. The van der Waals surface area contributed by atoms with Gasteiger partial charge in [-0.2, -0.15) is 0 Å². The molecule has 0 aliphatic rings. The minimum Gasteiger partial charge on any atom is -0.478 e. The van der Waals surface area contributed by atoms with Gasteiger partial charge in [0, 0.05) is 11.4 Å². The lowest BCUT2D eigenvalue weighted by Gasteiger charge is -2.06. The zero-order chi connectivity index (χ0) is 12.6. The van der Waals surface area contributed by atoms with Crippen molar-refractivity contribution in [2.24, 2.45) is 5.73 Å². The predicted molar refractivity (Wildman–Crippen MR) is 60.5 cm³/mol. The van der Waals surface area contributed by atoms with Crippen molar-refractivity contribution in [3.63, 3.8) is 0 Å². The molecule has 2 aromatic rings. The van der Waals surface area contributed by atoms with Crippen molar-refractivity contribution >= 4 is 16.9 Å². The normalized spacial score (nSPS) is 12.9. The van der Waals surface area contributed by atoms with E-state index < -0.39 is 11.8 Å². The number of furan rings is 1. The first-order valence-electron chi connectivity index (χ1n) is 5.17. The molecular formula is C12H12FNO3. The molecule has 0 bridgehead atoms. The Morgan fingerprint density at radius 3 is 2.88 bits per heavy atom. The van der Waals surface area contributed by atoms with Crippen molar-refractivity contribution in [3.8, 4) is 0 Å². The molecule has 0 spiro atoms. The molecule has 0 fully saturated rings. The van der Waals surface area contributed by atoms with Crippen molar-refractivity contribution in [3.05, 3.63) is 35.3 Å². The number of hydrogen-bond donors (Lipinski definition) is 2. The van der Waals surface area contributed by atoms with Gasteiger partial charge in [-0.15, -0.1) is 0 Å². The second-order valence-electron chi connectivity index (χ2n) is 4.08. The molecule has 1 atom stereocenters. The molecule has 0 radical (unpaired) electrons. The fraction of sp³-hybridized carbons (Fsp3) is 0.250. The van der Waals surface area contributed by atoms with Crippen LogP contribution in [-0.2, 0) is 6.42 Å². The zero-order valence-corrected chi connectivity index (χ0v) is 9.24. The molecule has 3 N–H and O–H groups in total. The summed E-state index contributed by atoms with van der Waals surface area (Å²) in [5, 5.41) is 9.20. The molecule has 90 valence electrons. The minimum absolute atomic E-state index is 0.0366. The first-order valence-corrected chi connectivity index (χ1v) is 5.17. The molecule has 0 aliphatic carbocycles. The molecule has 4 nitrogen and oxygen atoms in total. The van der Waals surface area contributed by atoms with Crippen molar-refractivity contribution in [1.82, 2.24) is 0 Å². The average molecular weight is 237 g/mol.